The van der Waals surface area contributed by atoms with Crippen molar-refractivity contribution in [3.05, 3.63) is 59.1 Å². The molecule has 3 rings (SSSR count). The fourth-order valence-corrected chi connectivity index (χ4v) is 4.90. The van der Waals surface area contributed by atoms with Gasteiger partial charge < -0.3 is 10.6 Å². The van der Waals surface area contributed by atoms with Gasteiger partial charge in [-0.2, -0.15) is 4.31 Å². The van der Waals surface area contributed by atoms with E-state index in [2.05, 4.69) is 10.6 Å². The summed E-state index contributed by atoms with van der Waals surface area (Å²) in [6, 6.07) is 13.1. The van der Waals surface area contributed by atoms with Gasteiger partial charge in [-0.1, -0.05) is 29.8 Å². The van der Waals surface area contributed by atoms with E-state index in [1.165, 1.54) is 23.4 Å². The molecular weight excluding hydrogens is 409 g/mol. The highest BCUT2D eigenvalue weighted by Gasteiger charge is 2.35. The predicted octanol–water partition coefficient (Wildman–Crippen LogP) is 3.06. The lowest BCUT2D eigenvalue weighted by Crippen LogP contribution is -2.48. The quantitative estimate of drug-likeness (QED) is 0.782. The minimum absolute atomic E-state index is 0. The number of rotatable bonds is 4. The van der Waals surface area contributed by atoms with E-state index >= 15 is 0 Å². The van der Waals surface area contributed by atoms with Gasteiger partial charge in [-0.15, -0.1) is 12.4 Å². The van der Waals surface area contributed by atoms with Crippen LogP contribution >= 0.6 is 24.0 Å². The highest BCUT2D eigenvalue weighted by molar-refractivity contribution is 7.89. The van der Waals surface area contributed by atoms with Gasteiger partial charge in [-0.05, 0) is 35.9 Å². The van der Waals surface area contributed by atoms with Gasteiger partial charge in [0, 0.05) is 37.3 Å². The van der Waals surface area contributed by atoms with Gasteiger partial charge in [0.05, 0.1) is 10.9 Å². The van der Waals surface area contributed by atoms with Gasteiger partial charge in [0.15, 0.2) is 0 Å². The van der Waals surface area contributed by atoms with Crippen molar-refractivity contribution < 1.29 is 13.2 Å². The van der Waals surface area contributed by atoms with E-state index < -0.39 is 10.0 Å². The maximum absolute atomic E-state index is 13.2. The second-order valence-corrected chi connectivity index (χ2v) is 8.36. The zero-order chi connectivity index (χ0) is 18.7. The van der Waals surface area contributed by atoms with Crippen LogP contribution in [0.15, 0.2) is 53.4 Å². The Morgan fingerprint density at radius 1 is 1.19 bits per heavy atom. The molecule has 1 saturated heterocycles. The average Bonchev–Trinajstić information content (AvgIpc) is 2.62. The van der Waals surface area contributed by atoms with E-state index in [0.717, 1.165) is 5.56 Å². The molecule has 2 aromatic rings. The van der Waals surface area contributed by atoms with Crippen molar-refractivity contribution in [2.75, 3.05) is 25.0 Å². The van der Waals surface area contributed by atoms with Gasteiger partial charge in [-0.25, -0.2) is 8.42 Å². The minimum atomic E-state index is -3.70. The van der Waals surface area contributed by atoms with Crippen molar-refractivity contribution >= 4 is 45.6 Å². The van der Waals surface area contributed by atoms with Gasteiger partial charge in [0.1, 0.15) is 0 Å². The average molecular weight is 430 g/mol. The monoisotopic (exact) mass is 429 g/mol. The van der Waals surface area contributed by atoms with E-state index in [0.29, 0.717) is 30.3 Å². The number of carbonyl (C=O) groups is 1. The van der Waals surface area contributed by atoms with Crippen LogP contribution in [0.5, 0.6) is 0 Å². The molecule has 6 nitrogen and oxygen atoms in total. The molecule has 1 aliphatic heterocycles. The maximum atomic E-state index is 13.2. The van der Waals surface area contributed by atoms with Crippen LogP contribution in [-0.2, 0) is 14.8 Å². The molecule has 2 aromatic carbocycles. The summed E-state index contributed by atoms with van der Waals surface area (Å²) in [5.74, 6) is -0.207. The van der Waals surface area contributed by atoms with Crippen molar-refractivity contribution in [3.8, 4) is 0 Å². The number of benzene rings is 2. The first-order valence-electron chi connectivity index (χ1n) is 8.24. The molecule has 1 unspecified atom stereocenters. The lowest BCUT2D eigenvalue weighted by molar-refractivity contribution is -0.114. The number of hydrogen-bond acceptors (Lipinski definition) is 4. The third kappa shape index (κ3) is 4.80. The summed E-state index contributed by atoms with van der Waals surface area (Å²) in [7, 11) is -3.70. The highest BCUT2D eigenvalue weighted by Crippen LogP contribution is 2.32. The number of anilines is 1. The molecule has 1 fully saturated rings. The van der Waals surface area contributed by atoms with Crippen LogP contribution in [0.1, 0.15) is 18.5 Å². The second-order valence-electron chi connectivity index (χ2n) is 6.06. The van der Waals surface area contributed by atoms with Gasteiger partial charge in [0.25, 0.3) is 0 Å². The van der Waals surface area contributed by atoms with Crippen LogP contribution in [0.25, 0.3) is 0 Å². The molecule has 0 radical (unpaired) electrons. The molecule has 1 heterocycles. The fourth-order valence-electron chi connectivity index (χ4n) is 3.03. The molecule has 1 atom stereocenters. The van der Waals surface area contributed by atoms with Crippen LogP contribution in [0.3, 0.4) is 0 Å². The minimum Gasteiger partial charge on any atom is -0.326 e. The molecule has 0 spiro atoms. The Hall–Kier alpha value is -1.64. The SMILES string of the molecule is CC(=O)Nc1ccc(S(=O)(=O)N2CCNCC2c2ccccc2Cl)cc1.Cl. The second kappa shape index (κ2) is 9.03. The highest BCUT2D eigenvalue weighted by atomic mass is 35.5. The third-order valence-corrected chi connectivity index (χ3v) is 6.51. The number of piperazine rings is 1. The summed E-state index contributed by atoms with van der Waals surface area (Å²) in [6.45, 7) is 2.82. The number of nitrogens with zero attached hydrogens (tertiary/aromatic N) is 1. The molecule has 0 bridgehead atoms. The third-order valence-electron chi connectivity index (χ3n) is 4.24. The molecule has 2 N–H and O–H groups in total. The lowest BCUT2D eigenvalue weighted by Gasteiger charge is -2.35. The van der Waals surface area contributed by atoms with Crippen LogP contribution in [0.4, 0.5) is 5.69 Å². The maximum Gasteiger partial charge on any atom is 0.243 e. The molecule has 1 amide bonds. The summed E-state index contributed by atoms with van der Waals surface area (Å²) in [4.78, 5) is 11.3. The number of hydrogen-bond donors (Lipinski definition) is 2. The standard InChI is InChI=1S/C18H20ClN3O3S.ClH/c1-13(23)21-14-6-8-15(9-7-14)26(24,25)22-11-10-20-12-18(22)16-4-2-3-5-17(16)19;/h2-9,18,20H,10-12H2,1H3,(H,21,23);1H. The van der Waals surface area contributed by atoms with Crippen LogP contribution in [0, 0.1) is 0 Å². The number of carbonyl (C=O) groups excluding carboxylic acids is 1. The zero-order valence-electron chi connectivity index (χ0n) is 14.7. The number of sulfonamides is 1. The molecule has 0 aliphatic carbocycles. The Labute approximate surface area is 170 Å². The van der Waals surface area contributed by atoms with Crippen molar-refractivity contribution in [2.24, 2.45) is 0 Å². The first-order chi connectivity index (χ1) is 12.4. The van der Waals surface area contributed by atoms with E-state index in [-0.39, 0.29) is 29.3 Å². The molecular formula is C18H21Cl2N3O3S. The van der Waals surface area contributed by atoms with Crippen LogP contribution < -0.4 is 10.6 Å². The Morgan fingerprint density at radius 2 is 1.85 bits per heavy atom. The summed E-state index contributed by atoms with van der Waals surface area (Å²) in [5, 5.41) is 6.41. The molecule has 9 heteroatoms. The summed E-state index contributed by atoms with van der Waals surface area (Å²) >= 11 is 6.30. The fraction of sp³-hybridized carbons (Fsp3) is 0.278. The lowest BCUT2D eigenvalue weighted by atomic mass is 10.1. The van der Waals surface area contributed by atoms with Crippen LogP contribution in [-0.4, -0.2) is 38.3 Å². The number of nitrogens with one attached hydrogen (secondary N) is 2. The number of halogens is 2. The largest absolute Gasteiger partial charge is 0.326 e. The van der Waals surface area contributed by atoms with Gasteiger partial charge >= 0.3 is 0 Å². The topological polar surface area (TPSA) is 78.5 Å². The van der Waals surface area contributed by atoms with E-state index in [9.17, 15) is 13.2 Å². The van der Waals surface area contributed by atoms with Crippen LogP contribution in [0.2, 0.25) is 5.02 Å². The summed E-state index contributed by atoms with van der Waals surface area (Å²) in [6.07, 6.45) is 0. The van der Waals surface area contributed by atoms with E-state index in [1.54, 1.807) is 18.2 Å². The van der Waals surface area contributed by atoms with Crippen molar-refractivity contribution in [1.29, 1.82) is 0 Å². The predicted molar refractivity (Wildman–Crippen MR) is 109 cm³/mol. The molecule has 1 aliphatic rings. The smallest absolute Gasteiger partial charge is 0.243 e. The van der Waals surface area contributed by atoms with Crippen molar-refractivity contribution in [2.45, 2.75) is 17.9 Å². The molecule has 0 aromatic heterocycles. The van der Waals surface area contributed by atoms with Crippen molar-refractivity contribution in [3.63, 3.8) is 0 Å². The first-order valence-corrected chi connectivity index (χ1v) is 10.1. The van der Waals surface area contributed by atoms with Gasteiger partial charge in [-0.3, -0.25) is 4.79 Å². The Kier molecular flexibility index (Phi) is 7.25. The molecule has 27 heavy (non-hydrogen) atoms. The Bertz CT molecular complexity index is 904. The normalized spacial score (nSPS) is 17.8. The summed E-state index contributed by atoms with van der Waals surface area (Å²) in [5.41, 5.74) is 1.33. The summed E-state index contributed by atoms with van der Waals surface area (Å²) < 4.78 is 27.9. The zero-order valence-corrected chi connectivity index (χ0v) is 17.1. The van der Waals surface area contributed by atoms with Gasteiger partial charge in [0.2, 0.25) is 15.9 Å². The molecule has 0 saturated carbocycles. The van der Waals surface area contributed by atoms with E-state index in [1.807, 2.05) is 18.2 Å². The Morgan fingerprint density at radius 3 is 2.48 bits per heavy atom. The Balaban J connectivity index is 0.00000261. The van der Waals surface area contributed by atoms with E-state index in [4.69, 9.17) is 11.6 Å². The number of amides is 1. The molecule has 146 valence electrons. The first kappa shape index (κ1) is 21.7. The van der Waals surface area contributed by atoms with Crippen molar-refractivity contribution in [1.82, 2.24) is 9.62 Å².